The third-order valence-electron chi connectivity index (χ3n) is 2.57. The van der Waals surface area contributed by atoms with Crippen molar-refractivity contribution in [1.82, 2.24) is 0 Å². The van der Waals surface area contributed by atoms with Crippen molar-refractivity contribution in [2.24, 2.45) is 0 Å². The first-order chi connectivity index (χ1) is 8.59. The largest absolute Gasteiger partial charge is 0.477 e. The van der Waals surface area contributed by atoms with E-state index in [-0.39, 0.29) is 10.6 Å². The summed E-state index contributed by atoms with van der Waals surface area (Å²) < 4.78 is 12.2. The van der Waals surface area contributed by atoms with Gasteiger partial charge >= 0.3 is 5.97 Å². The van der Waals surface area contributed by atoms with E-state index in [2.05, 4.69) is 0 Å². The molecule has 1 unspecified atom stereocenters. The predicted octanol–water partition coefficient (Wildman–Crippen LogP) is 3.06. The van der Waals surface area contributed by atoms with E-state index in [1.54, 1.807) is 11.4 Å². The lowest BCUT2D eigenvalue weighted by Crippen LogP contribution is -2.02. The summed E-state index contributed by atoms with van der Waals surface area (Å²) in [5, 5.41) is 10.7. The number of carboxylic acids is 1. The molecule has 0 amide bonds. The average molecular weight is 280 g/mol. The number of hydrogen-bond acceptors (Lipinski definition) is 3. The van der Waals surface area contributed by atoms with Gasteiger partial charge < -0.3 is 5.11 Å². The van der Waals surface area contributed by atoms with Crippen molar-refractivity contribution in [3.8, 4) is 0 Å². The van der Waals surface area contributed by atoms with Gasteiger partial charge in [0, 0.05) is 4.90 Å². The number of thiophene rings is 1. The van der Waals surface area contributed by atoms with Gasteiger partial charge in [-0.25, -0.2) is 4.79 Å². The highest BCUT2D eigenvalue weighted by Gasteiger charge is 2.15. The van der Waals surface area contributed by atoms with Gasteiger partial charge in [-0.3, -0.25) is 4.21 Å². The second kappa shape index (κ2) is 5.46. The standard InChI is InChI=1S/C13H12O3S2/c1-9-4-2-3-5-11(9)18(16)8-10-6-7-17-12(10)13(14)15/h2-7H,8H2,1H3,(H,14,15). The molecule has 1 atom stereocenters. The quantitative estimate of drug-likeness (QED) is 0.936. The van der Waals surface area contributed by atoms with E-state index in [4.69, 9.17) is 5.11 Å². The molecule has 5 heteroatoms. The Balaban J connectivity index is 2.25. The van der Waals surface area contributed by atoms with Crippen LogP contribution < -0.4 is 0 Å². The van der Waals surface area contributed by atoms with Crippen molar-refractivity contribution in [1.29, 1.82) is 0 Å². The third-order valence-corrected chi connectivity index (χ3v) is 5.03. The van der Waals surface area contributed by atoms with E-state index < -0.39 is 16.8 Å². The number of carboxylic acid groups (broad SMARTS) is 1. The first kappa shape index (κ1) is 13.0. The summed E-state index contributed by atoms with van der Waals surface area (Å²) in [5.74, 6) is -0.711. The van der Waals surface area contributed by atoms with Gasteiger partial charge in [0.05, 0.1) is 16.6 Å². The molecule has 0 aliphatic heterocycles. The molecule has 0 spiro atoms. The fourth-order valence-corrected chi connectivity index (χ4v) is 3.86. The van der Waals surface area contributed by atoms with Crippen LogP contribution in [0.5, 0.6) is 0 Å². The molecule has 2 rings (SSSR count). The molecule has 0 aliphatic rings. The number of hydrogen-bond donors (Lipinski definition) is 1. The lowest BCUT2D eigenvalue weighted by atomic mass is 10.2. The summed E-state index contributed by atoms with van der Waals surface area (Å²) in [6, 6.07) is 9.18. The molecule has 0 bridgehead atoms. The molecule has 1 heterocycles. The van der Waals surface area contributed by atoms with Gasteiger partial charge in [-0.15, -0.1) is 11.3 Å². The fraction of sp³-hybridized carbons (Fsp3) is 0.154. The summed E-state index contributed by atoms with van der Waals surface area (Å²) in [6.45, 7) is 1.90. The second-order valence-electron chi connectivity index (χ2n) is 3.84. The Morgan fingerprint density at radius 3 is 2.72 bits per heavy atom. The highest BCUT2D eigenvalue weighted by molar-refractivity contribution is 7.84. The molecule has 1 N–H and O–H groups in total. The monoisotopic (exact) mass is 280 g/mol. The first-order valence-corrected chi connectivity index (χ1v) is 7.53. The Bertz CT molecular complexity index is 602. The minimum atomic E-state index is -1.21. The normalized spacial score (nSPS) is 12.3. The van der Waals surface area contributed by atoms with Crippen molar-refractivity contribution in [3.05, 3.63) is 51.7 Å². The molecule has 94 valence electrons. The topological polar surface area (TPSA) is 54.4 Å². The minimum Gasteiger partial charge on any atom is -0.477 e. The van der Waals surface area contributed by atoms with Gasteiger partial charge in [-0.2, -0.15) is 0 Å². The van der Waals surface area contributed by atoms with Crippen molar-refractivity contribution in [2.45, 2.75) is 17.6 Å². The van der Waals surface area contributed by atoms with E-state index in [1.807, 2.05) is 31.2 Å². The zero-order chi connectivity index (χ0) is 13.1. The van der Waals surface area contributed by atoms with Gasteiger partial charge in [0.15, 0.2) is 0 Å². The molecule has 0 saturated heterocycles. The van der Waals surface area contributed by atoms with Crippen LogP contribution >= 0.6 is 11.3 Å². The smallest absolute Gasteiger partial charge is 0.346 e. The number of carbonyl (C=O) groups is 1. The third kappa shape index (κ3) is 2.68. The Hall–Kier alpha value is -1.46. The second-order valence-corrected chi connectivity index (χ2v) is 6.17. The van der Waals surface area contributed by atoms with Crippen LogP contribution in [0, 0.1) is 6.92 Å². The Morgan fingerprint density at radius 1 is 1.33 bits per heavy atom. The summed E-state index contributed by atoms with van der Waals surface area (Å²) in [5.41, 5.74) is 1.59. The minimum absolute atomic E-state index is 0.246. The molecule has 0 aliphatic carbocycles. The van der Waals surface area contributed by atoms with Crippen LogP contribution in [0.25, 0.3) is 0 Å². The maximum atomic E-state index is 12.2. The van der Waals surface area contributed by atoms with E-state index in [0.29, 0.717) is 5.56 Å². The van der Waals surface area contributed by atoms with Gasteiger partial charge in [-0.1, -0.05) is 18.2 Å². The van der Waals surface area contributed by atoms with E-state index in [1.165, 1.54) is 11.3 Å². The lowest BCUT2D eigenvalue weighted by molar-refractivity contribution is 0.0701. The zero-order valence-electron chi connectivity index (χ0n) is 9.75. The van der Waals surface area contributed by atoms with Crippen molar-refractivity contribution in [2.75, 3.05) is 0 Å². The molecular formula is C13H12O3S2. The predicted molar refractivity (Wildman–Crippen MR) is 72.6 cm³/mol. The summed E-state index contributed by atoms with van der Waals surface area (Å²) in [6.07, 6.45) is 0. The summed E-state index contributed by atoms with van der Waals surface area (Å²) in [7, 11) is -1.21. The zero-order valence-corrected chi connectivity index (χ0v) is 11.4. The van der Waals surface area contributed by atoms with E-state index in [9.17, 15) is 9.00 Å². The van der Waals surface area contributed by atoms with Gasteiger partial charge in [-0.05, 0) is 35.6 Å². The van der Waals surface area contributed by atoms with Crippen molar-refractivity contribution in [3.63, 3.8) is 0 Å². The van der Waals surface area contributed by atoms with Crippen LogP contribution in [0.1, 0.15) is 20.8 Å². The molecule has 3 nitrogen and oxygen atoms in total. The summed E-state index contributed by atoms with van der Waals surface area (Å²) in [4.78, 5) is 12.0. The molecule has 2 aromatic rings. The highest BCUT2D eigenvalue weighted by Crippen LogP contribution is 2.22. The molecule has 1 aromatic carbocycles. The summed E-state index contributed by atoms with van der Waals surface area (Å²) >= 11 is 1.17. The molecule has 0 fully saturated rings. The SMILES string of the molecule is Cc1ccccc1S(=O)Cc1ccsc1C(=O)O. The maximum Gasteiger partial charge on any atom is 0.346 e. The number of aromatic carboxylic acids is 1. The lowest BCUT2D eigenvalue weighted by Gasteiger charge is -2.05. The van der Waals surface area contributed by atoms with Crippen LogP contribution in [0.4, 0.5) is 0 Å². The van der Waals surface area contributed by atoms with Crippen LogP contribution in [-0.4, -0.2) is 15.3 Å². The fourth-order valence-electron chi connectivity index (χ4n) is 1.67. The van der Waals surface area contributed by atoms with Crippen molar-refractivity contribution < 1.29 is 14.1 Å². The molecule has 18 heavy (non-hydrogen) atoms. The molecule has 0 radical (unpaired) electrons. The van der Waals surface area contributed by atoms with E-state index >= 15 is 0 Å². The Labute approximate surface area is 112 Å². The molecular weight excluding hydrogens is 268 g/mol. The van der Waals surface area contributed by atoms with E-state index in [0.717, 1.165) is 10.5 Å². The molecule has 1 aromatic heterocycles. The number of aryl methyl sites for hydroxylation is 1. The van der Waals surface area contributed by atoms with Gasteiger partial charge in [0.1, 0.15) is 4.88 Å². The average Bonchev–Trinajstić information content (AvgIpc) is 2.77. The first-order valence-electron chi connectivity index (χ1n) is 5.33. The number of benzene rings is 1. The van der Waals surface area contributed by atoms with Crippen LogP contribution in [0.2, 0.25) is 0 Å². The van der Waals surface area contributed by atoms with Crippen LogP contribution in [0.3, 0.4) is 0 Å². The van der Waals surface area contributed by atoms with Gasteiger partial charge in [0.25, 0.3) is 0 Å². The Kier molecular flexibility index (Phi) is 3.93. The highest BCUT2D eigenvalue weighted by atomic mass is 32.2. The Morgan fingerprint density at radius 2 is 2.06 bits per heavy atom. The van der Waals surface area contributed by atoms with Crippen molar-refractivity contribution >= 4 is 28.1 Å². The number of rotatable bonds is 4. The molecule has 0 saturated carbocycles. The van der Waals surface area contributed by atoms with Crippen LogP contribution in [-0.2, 0) is 16.6 Å². The maximum absolute atomic E-state index is 12.2. The van der Waals surface area contributed by atoms with Gasteiger partial charge in [0.2, 0.25) is 0 Å². The van der Waals surface area contributed by atoms with Crippen LogP contribution in [0.15, 0.2) is 40.6 Å².